The van der Waals surface area contributed by atoms with Crippen LogP contribution in [-0.4, -0.2) is 49.3 Å². The largest absolute Gasteiger partial charge is 0.497 e. The van der Waals surface area contributed by atoms with Crippen LogP contribution >= 0.6 is 11.6 Å². The molecule has 2 N–H and O–H groups in total. The van der Waals surface area contributed by atoms with E-state index in [1.165, 1.54) is 6.08 Å². The summed E-state index contributed by atoms with van der Waals surface area (Å²) in [5, 5.41) is 6.36. The van der Waals surface area contributed by atoms with Gasteiger partial charge in [-0.05, 0) is 36.4 Å². The summed E-state index contributed by atoms with van der Waals surface area (Å²) in [5.41, 5.74) is 3.68. The molecule has 1 fully saturated rings. The van der Waals surface area contributed by atoms with E-state index in [2.05, 4.69) is 44.2 Å². The van der Waals surface area contributed by atoms with Crippen LogP contribution in [0.5, 0.6) is 5.75 Å². The molecule has 2 heterocycles. The minimum Gasteiger partial charge on any atom is -0.497 e. The third-order valence-electron chi connectivity index (χ3n) is 5.09. The van der Waals surface area contributed by atoms with Crippen LogP contribution in [0.4, 0.5) is 23.0 Å². The van der Waals surface area contributed by atoms with E-state index in [1.54, 1.807) is 31.5 Å². The molecule has 1 aromatic heterocycles. The zero-order valence-corrected chi connectivity index (χ0v) is 18.9. The van der Waals surface area contributed by atoms with Crippen LogP contribution in [0.2, 0.25) is 5.02 Å². The number of morpholine rings is 1. The number of methoxy groups -OCH3 is 1. The molecule has 9 heteroatoms. The van der Waals surface area contributed by atoms with E-state index in [1.807, 2.05) is 12.1 Å². The first-order valence-electron chi connectivity index (χ1n) is 10.4. The monoisotopic (exact) mass is 465 g/mol. The molecule has 170 valence electrons. The first-order valence-corrected chi connectivity index (χ1v) is 10.8. The number of halogens is 1. The van der Waals surface area contributed by atoms with Crippen molar-refractivity contribution in [2.75, 3.05) is 48.9 Å². The standard InChI is InChI=1S/C24H24ClN5O3/c1-3-22(31)27-18-11-16(12-20(14-18)32-2)23-21(25)15-26-24(29-23)28-17-5-4-6-19(13-17)30-7-9-33-10-8-30/h3-6,11-15H,1,7-10H2,2H3,(H,27,31)(H,26,28,29). The lowest BCUT2D eigenvalue weighted by molar-refractivity contribution is -0.111. The average molecular weight is 466 g/mol. The summed E-state index contributed by atoms with van der Waals surface area (Å²) in [4.78, 5) is 23.0. The molecule has 0 radical (unpaired) electrons. The Morgan fingerprint density at radius 2 is 2.03 bits per heavy atom. The quantitative estimate of drug-likeness (QED) is 0.496. The Bertz CT molecular complexity index is 1160. The van der Waals surface area contributed by atoms with Gasteiger partial charge in [0.25, 0.3) is 0 Å². The summed E-state index contributed by atoms with van der Waals surface area (Å²) in [5.74, 6) is 0.618. The van der Waals surface area contributed by atoms with Crippen molar-refractivity contribution in [2.24, 2.45) is 0 Å². The minimum absolute atomic E-state index is 0.328. The number of carbonyl (C=O) groups is 1. The highest BCUT2D eigenvalue weighted by Crippen LogP contribution is 2.32. The smallest absolute Gasteiger partial charge is 0.247 e. The third-order valence-corrected chi connectivity index (χ3v) is 5.37. The maximum absolute atomic E-state index is 11.8. The molecule has 0 atom stereocenters. The molecular formula is C24H24ClN5O3. The fourth-order valence-electron chi connectivity index (χ4n) is 3.48. The number of amides is 1. The third kappa shape index (κ3) is 5.60. The van der Waals surface area contributed by atoms with E-state index in [4.69, 9.17) is 21.1 Å². The van der Waals surface area contributed by atoms with Crippen LogP contribution in [0.1, 0.15) is 0 Å². The maximum Gasteiger partial charge on any atom is 0.247 e. The molecule has 0 spiro atoms. The van der Waals surface area contributed by atoms with Crippen LogP contribution in [0, 0.1) is 0 Å². The van der Waals surface area contributed by atoms with Crippen molar-refractivity contribution in [2.45, 2.75) is 0 Å². The number of anilines is 4. The van der Waals surface area contributed by atoms with Gasteiger partial charge in [-0.1, -0.05) is 24.2 Å². The van der Waals surface area contributed by atoms with E-state index in [-0.39, 0.29) is 5.91 Å². The summed E-state index contributed by atoms with van der Waals surface area (Å²) in [6, 6.07) is 13.3. The highest BCUT2D eigenvalue weighted by atomic mass is 35.5. The molecule has 8 nitrogen and oxygen atoms in total. The van der Waals surface area contributed by atoms with Gasteiger partial charge >= 0.3 is 0 Å². The predicted molar refractivity (Wildman–Crippen MR) is 131 cm³/mol. The fourth-order valence-corrected chi connectivity index (χ4v) is 3.68. The zero-order valence-electron chi connectivity index (χ0n) is 18.2. The molecule has 1 amide bonds. The van der Waals surface area contributed by atoms with E-state index in [0.717, 1.165) is 37.7 Å². The van der Waals surface area contributed by atoms with Gasteiger partial charge in [-0.25, -0.2) is 9.97 Å². The Kier molecular flexibility index (Phi) is 7.07. The molecule has 1 aliphatic heterocycles. The summed E-state index contributed by atoms with van der Waals surface area (Å²) >= 11 is 6.43. The van der Waals surface area contributed by atoms with Crippen molar-refractivity contribution in [3.8, 4) is 17.0 Å². The second-order valence-electron chi connectivity index (χ2n) is 7.31. The number of ether oxygens (including phenoxy) is 2. The average Bonchev–Trinajstić information content (AvgIpc) is 2.85. The zero-order chi connectivity index (χ0) is 23.2. The first-order chi connectivity index (χ1) is 16.1. The van der Waals surface area contributed by atoms with Crippen molar-refractivity contribution in [1.29, 1.82) is 0 Å². The molecule has 2 aromatic carbocycles. The molecule has 0 unspecified atom stereocenters. The summed E-state index contributed by atoms with van der Waals surface area (Å²) in [6.07, 6.45) is 2.74. The van der Waals surface area contributed by atoms with Gasteiger partial charge in [0.1, 0.15) is 5.75 Å². The first kappa shape index (κ1) is 22.6. The van der Waals surface area contributed by atoms with Crippen LogP contribution in [0.3, 0.4) is 0 Å². The lowest BCUT2D eigenvalue weighted by Gasteiger charge is -2.29. The Labute approximate surface area is 197 Å². The number of hydrogen-bond donors (Lipinski definition) is 2. The van der Waals surface area contributed by atoms with Crippen molar-refractivity contribution in [1.82, 2.24) is 9.97 Å². The van der Waals surface area contributed by atoms with Gasteiger partial charge in [0.05, 0.1) is 37.2 Å². The Morgan fingerprint density at radius 1 is 1.21 bits per heavy atom. The van der Waals surface area contributed by atoms with Gasteiger partial charge in [-0.3, -0.25) is 4.79 Å². The van der Waals surface area contributed by atoms with Crippen LogP contribution in [0.15, 0.2) is 61.3 Å². The van der Waals surface area contributed by atoms with Crippen molar-refractivity contribution >= 4 is 40.5 Å². The molecule has 0 aliphatic carbocycles. The van der Waals surface area contributed by atoms with Gasteiger partial charge in [-0.15, -0.1) is 0 Å². The number of aromatic nitrogens is 2. The van der Waals surface area contributed by atoms with E-state index in [9.17, 15) is 4.79 Å². The topological polar surface area (TPSA) is 88.6 Å². The minimum atomic E-state index is -0.328. The fraction of sp³-hybridized carbons (Fsp3) is 0.208. The second kappa shape index (κ2) is 10.3. The summed E-state index contributed by atoms with van der Waals surface area (Å²) in [6.45, 7) is 6.62. The number of carbonyl (C=O) groups excluding carboxylic acids is 1. The van der Waals surface area contributed by atoms with E-state index in [0.29, 0.717) is 33.7 Å². The predicted octanol–water partition coefficient (Wildman–Crippen LogP) is 4.51. The molecule has 33 heavy (non-hydrogen) atoms. The lowest BCUT2D eigenvalue weighted by Crippen LogP contribution is -2.36. The number of rotatable bonds is 7. The highest BCUT2D eigenvalue weighted by Gasteiger charge is 2.14. The van der Waals surface area contributed by atoms with Crippen molar-refractivity contribution in [3.63, 3.8) is 0 Å². The van der Waals surface area contributed by atoms with Crippen LogP contribution in [0.25, 0.3) is 11.3 Å². The molecule has 1 aliphatic rings. The van der Waals surface area contributed by atoms with Gasteiger partial charge in [-0.2, -0.15) is 0 Å². The molecule has 0 bridgehead atoms. The maximum atomic E-state index is 11.8. The van der Waals surface area contributed by atoms with Crippen LogP contribution < -0.4 is 20.3 Å². The van der Waals surface area contributed by atoms with Gasteiger partial charge in [0.15, 0.2) is 0 Å². The van der Waals surface area contributed by atoms with Crippen molar-refractivity contribution in [3.05, 3.63) is 66.3 Å². The number of benzene rings is 2. The highest BCUT2D eigenvalue weighted by molar-refractivity contribution is 6.33. The molecule has 3 aromatic rings. The van der Waals surface area contributed by atoms with E-state index < -0.39 is 0 Å². The van der Waals surface area contributed by atoms with Crippen LogP contribution in [-0.2, 0) is 9.53 Å². The number of nitrogens with zero attached hydrogens (tertiary/aromatic N) is 3. The normalized spacial score (nSPS) is 13.3. The van der Waals surface area contributed by atoms with Gasteiger partial charge in [0, 0.05) is 41.8 Å². The lowest BCUT2D eigenvalue weighted by atomic mass is 10.1. The molecule has 1 saturated heterocycles. The Hall–Kier alpha value is -3.62. The SMILES string of the molecule is C=CC(=O)Nc1cc(OC)cc(-c2nc(Nc3cccc(N4CCOCC4)c3)ncc2Cl)c1. The number of nitrogens with one attached hydrogen (secondary N) is 2. The van der Waals surface area contributed by atoms with Gasteiger partial charge in [0.2, 0.25) is 11.9 Å². The van der Waals surface area contributed by atoms with Gasteiger partial charge < -0.3 is 25.0 Å². The molecular weight excluding hydrogens is 442 g/mol. The molecule has 0 saturated carbocycles. The Morgan fingerprint density at radius 3 is 2.79 bits per heavy atom. The van der Waals surface area contributed by atoms with E-state index >= 15 is 0 Å². The number of hydrogen-bond acceptors (Lipinski definition) is 7. The summed E-state index contributed by atoms with van der Waals surface area (Å²) < 4.78 is 10.8. The summed E-state index contributed by atoms with van der Waals surface area (Å²) in [7, 11) is 1.55. The molecule has 4 rings (SSSR count). The van der Waals surface area contributed by atoms with Crippen molar-refractivity contribution < 1.29 is 14.3 Å². The Balaban J connectivity index is 1.62. The second-order valence-corrected chi connectivity index (χ2v) is 7.72.